The number of carboxylic acid groups (broad SMARTS) is 1. The third kappa shape index (κ3) is 2.98. The van der Waals surface area contributed by atoms with E-state index < -0.39 is 11.5 Å². The quantitative estimate of drug-likeness (QED) is 0.848. The van der Waals surface area contributed by atoms with Crippen LogP contribution in [0.25, 0.3) is 0 Å². The van der Waals surface area contributed by atoms with Crippen LogP contribution >= 0.6 is 0 Å². The Kier molecular flexibility index (Phi) is 3.66. The molecular weight excluding hydrogens is 246 g/mol. The molecule has 1 aromatic carbocycles. The highest BCUT2D eigenvalue weighted by atomic mass is 16.7. The maximum atomic E-state index is 11.0. The van der Waals surface area contributed by atoms with Gasteiger partial charge in [-0.1, -0.05) is 0 Å². The number of carboxylic acids is 1. The summed E-state index contributed by atoms with van der Waals surface area (Å²) in [5, 5.41) is 12.1. The molecule has 0 spiro atoms. The SMILES string of the molecule is Cc1cc2c(cc1CCNC(C)(C)C(=O)O)OCO2. The molecule has 0 aliphatic carbocycles. The first-order chi connectivity index (χ1) is 8.90. The predicted molar refractivity (Wildman–Crippen MR) is 70.7 cm³/mol. The average Bonchev–Trinajstić information content (AvgIpc) is 2.75. The molecule has 2 rings (SSSR count). The van der Waals surface area contributed by atoms with Crippen molar-refractivity contribution in [2.24, 2.45) is 0 Å². The number of rotatable bonds is 5. The van der Waals surface area contributed by atoms with Crippen LogP contribution in [0, 0.1) is 6.92 Å². The van der Waals surface area contributed by atoms with Gasteiger partial charge >= 0.3 is 5.97 Å². The zero-order valence-corrected chi connectivity index (χ0v) is 11.4. The van der Waals surface area contributed by atoms with E-state index in [0.717, 1.165) is 29.0 Å². The van der Waals surface area contributed by atoms with Crippen molar-refractivity contribution < 1.29 is 19.4 Å². The van der Waals surface area contributed by atoms with Crippen LogP contribution in [0.2, 0.25) is 0 Å². The second-order valence-electron chi connectivity index (χ2n) is 5.24. The first kappa shape index (κ1) is 13.7. The number of fused-ring (bicyclic) bond motifs is 1. The fraction of sp³-hybridized carbons (Fsp3) is 0.500. The molecule has 5 heteroatoms. The van der Waals surface area contributed by atoms with Crippen molar-refractivity contribution in [1.82, 2.24) is 5.32 Å². The normalized spacial score (nSPS) is 13.6. The molecular formula is C14H19NO4. The van der Waals surface area contributed by atoms with Gasteiger partial charge in [0.2, 0.25) is 6.79 Å². The first-order valence-electron chi connectivity index (χ1n) is 6.28. The van der Waals surface area contributed by atoms with E-state index in [1.165, 1.54) is 0 Å². The van der Waals surface area contributed by atoms with Crippen LogP contribution < -0.4 is 14.8 Å². The van der Waals surface area contributed by atoms with E-state index in [0.29, 0.717) is 6.54 Å². The lowest BCUT2D eigenvalue weighted by Crippen LogP contribution is -2.47. The minimum Gasteiger partial charge on any atom is -0.480 e. The molecule has 104 valence electrons. The second kappa shape index (κ2) is 5.09. The van der Waals surface area contributed by atoms with Crippen LogP contribution in [0.5, 0.6) is 11.5 Å². The standard InChI is InChI=1S/C14H19NO4/c1-9-6-11-12(19-8-18-11)7-10(9)4-5-15-14(2,3)13(16)17/h6-7,15H,4-5,8H2,1-3H3,(H,16,17). The largest absolute Gasteiger partial charge is 0.480 e. The van der Waals surface area contributed by atoms with Gasteiger partial charge in [-0.3, -0.25) is 4.79 Å². The van der Waals surface area contributed by atoms with Gasteiger partial charge in [0.15, 0.2) is 11.5 Å². The van der Waals surface area contributed by atoms with Gasteiger partial charge in [-0.15, -0.1) is 0 Å². The Balaban J connectivity index is 1.99. The minimum absolute atomic E-state index is 0.266. The van der Waals surface area contributed by atoms with Gasteiger partial charge in [-0.05, 0) is 50.5 Å². The summed E-state index contributed by atoms with van der Waals surface area (Å²) in [5.41, 5.74) is 1.35. The molecule has 19 heavy (non-hydrogen) atoms. The van der Waals surface area contributed by atoms with Crippen molar-refractivity contribution in [3.05, 3.63) is 23.3 Å². The van der Waals surface area contributed by atoms with E-state index in [1.54, 1.807) is 13.8 Å². The zero-order chi connectivity index (χ0) is 14.0. The van der Waals surface area contributed by atoms with E-state index in [1.807, 2.05) is 19.1 Å². The topological polar surface area (TPSA) is 67.8 Å². The second-order valence-corrected chi connectivity index (χ2v) is 5.24. The highest BCUT2D eigenvalue weighted by molar-refractivity contribution is 5.77. The van der Waals surface area contributed by atoms with Gasteiger partial charge in [0.05, 0.1) is 0 Å². The van der Waals surface area contributed by atoms with Crippen molar-refractivity contribution in [2.45, 2.75) is 32.7 Å². The summed E-state index contributed by atoms with van der Waals surface area (Å²) in [6.45, 7) is 6.19. The lowest BCUT2D eigenvalue weighted by Gasteiger charge is -2.21. The van der Waals surface area contributed by atoms with Gasteiger partial charge in [0.25, 0.3) is 0 Å². The minimum atomic E-state index is -0.912. The van der Waals surface area contributed by atoms with Crippen molar-refractivity contribution in [2.75, 3.05) is 13.3 Å². The maximum absolute atomic E-state index is 11.0. The van der Waals surface area contributed by atoms with E-state index in [9.17, 15) is 4.79 Å². The number of aryl methyl sites for hydroxylation is 1. The van der Waals surface area contributed by atoms with Crippen LogP contribution in [0.4, 0.5) is 0 Å². The Hall–Kier alpha value is -1.75. The number of hydrogen-bond donors (Lipinski definition) is 2. The van der Waals surface area contributed by atoms with E-state index in [-0.39, 0.29) is 6.79 Å². The van der Waals surface area contributed by atoms with Crippen LogP contribution in [0.1, 0.15) is 25.0 Å². The van der Waals surface area contributed by atoms with Crippen molar-refractivity contribution in [1.29, 1.82) is 0 Å². The Bertz CT molecular complexity index is 496. The molecule has 0 fully saturated rings. The van der Waals surface area contributed by atoms with Crippen LogP contribution in [-0.2, 0) is 11.2 Å². The monoisotopic (exact) mass is 265 g/mol. The first-order valence-corrected chi connectivity index (χ1v) is 6.28. The fourth-order valence-electron chi connectivity index (χ4n) is 1.94. The predicted octanol–water partition coefficient (Wildman–Crippen LogP) is 1.72. The fourth-order valence-corrected chi connectivity index (χ4v) is 1.94. The smallest absolute Gasteiger partial charge is 0.323 e. The third-order valence-corrected chi connectivity index (χ3v) is 3.33. The highest BCUT2D eigenvalue weighted by Gasteiger charge is 2.25. The molecule has 2 N–H and O–H groups in total. The molecule has 0 saturated heterocycles. The van der Waals surface area contributed by atoms with Gasteiger partial charge in [0.1, 0.15) is 5.54 Å². The molecule has 0 amide bonds. The molecule has 5 nitrogen and oxygen atoms in total. The lowest BCUT2D eigenvalue weighted by atomic mass is 10.0. The summed E-state index contributed by atoms with van der Waals surface area (Å²) in [5.74, 6) is 0.688. The van der Waals surface area contributed by atoms with E-state index in [4.69, 9.17) is 14.6 Å². The summed E-state index contributed by atoms with van der Waals surface area (Å²) in [7, 11) is 0. The van der Waals surface area contributed by atoms with Gasteiger partial charge < -0.3 is 19.9 Å². The molecule has 0 unspecified atom stereocenters. The molecule has 1 aliphatic heterocycles. The molecule has 0 bridgehead atoms. The summed E-state index contributed by atoms with van der Waals surface area (Å²) in [6.07, 6.45) is 0.749. The van der Waals surface area contributed by atoms with Crippen molar-refractivity contribution >= 4 is 5.97 Å². The Morgan fingerprint density at radius 2 is 2.00 bits per heavy atom. The number of hydrogen-bond acceptors (Lipinski definition) is 4. The molecule has 0 saturated carbocycles. The van der Waals surface area contributed by atoms with Crippen molar-refractivity contribution in [3.63, 3.8) is 0 Å². The Labute approximate surface area is 112 Å². The van der Waals surface area contributed by atoms with Crippen LogP contribution in [-0.4, -0.2) is 30.0 Å². The average molecular weight is 265 g/mol. The number of ether oxygens (including phenoxy) is 2. The summed E-state index contributed by atoms with van der Waals surface area (Å²) < 4.78 is 10.7. The number of aliphatic carboxylic acids is 1. The van der Waals surface area contributed by atoms with Gasteiger partial charge in [0, 0.05) is 6.54 Å². The maximum Gasteiger partial charge on any atom is 0.323 e. The number of nitrogens with one attached hydrogen (secondary N) is 1. The van der Waals surface area contributed by atoms with Crippen molar-refractivity contribution in [3.8, 4) is 11.5 Å². The molecule has 1 aliphatic rings. The summed E-state index contributed by atoms with van der Waals surface area (Å²) in [4.78, 5) is 11.0. The van der Waals surface area contributed by atoms with E-state index >= 15 is 0 Å². The third-order valence-electron chi connectivity index (χ3n) is 3.33. The zero-order valence-electron chi connectivity index (χ0n) is 11.4. The molecule has 1 heterocycles. The Morgan fingerprint density at radius 1 is 1.37 bits per heavy atom. The lowest BCUT2D eigenvalue weighted by molar-refractivity contribution is -0.143. The number of carbonyl (C=O) groups is 1. The van der Waals surface area contributed by atoms with Gasteiger partial charge in [-0.2, -0.15) is 0 Å². The van der Waals surface area contributed by atoms with Crippen LogP contribution in [0.3, 0.4) is 0 Å². The Morgan fingerprint density at radius 3 is 2.63 bits per heavy atom. The molecule has 0 aromatic heterocycles. The van der Waals surface area contributed by atoms with Gasteiger partial charge in [-0.25, -0.2) is 0 Å². The molecule has 1 aromatic rings. The molecule has 0 atom stereocenters. The highest BCUT2D eigenvalue weighted by Crippen LogP contribution is 2.34. The summed E-state index contributed by atoms with van der Waals surface area (Å²) in [6, 6.07) is 3.92. The molecule has 0 radical (unpaired) electrons. The van der Waals surface area contributed by atoms with Crippen LogP contribution in [0.15, 0.2) is 12.1 Å². The number of benzene rings is 1. The van der Waals surface area contributed by atoms with E-state index in [2.05, 4.69) is 5.32 Å². The summed E-state index contributed by atoms with van der Waals surface area (Å²) >= 11 is 0.